The minimum absolute atomic E-state index is 0.0274. The van der Waals surface area contributed by atoms with Crippen LogP contribution in [0.15, 0.2) is 30.5 Å². The Morgan fingerprint density at radius 3 is 2.79 bits per heavy atom. The van der Waals surface area contributed by atoms with Gasteiger partial charge in [0.25, 0.3) is 5.91 Å². The van der Waals surface area contributed by atoms with Gasteiger partial charge in [-0.05, 0) is 43.7 Å². The molecule has 0 bridgehead atoms. The van der Waals surface area contributed by atoms with Crippen molar-refractivity contribution in [2.24, 2.45) is 0 Å². The molecule has 0 N–H and O–H groups in total. The third-order valence-electron chi connectivity index (χ3n) is 4.93. The van der Waals surface area contributed by atoms with Crippen LogP contribution in [-0.4, -0.2) is 62.9 Å². The van der Waals surface area contributed by atoms with Gasteiger partial charge in [-0.2, -0.15) is 0 Å². The molecular formula is C17H20ClN5O. The third kappa shape index (κ3) is 3.03. The molecule has 24 heavy (non-hydrogen) atoms. The molecule has 7 heteroatoms. The van der Waals surface area contributed by atoms with Crippen LogP contribution in [0.5, 0.6) is 0 Å². The molecule has 0 aliphatic carbocycles. The van der Waals surface area contributed by atoms with Gasteiger partial charge in [0, 0.05) is 30.7 Å². The van der Waals surface area contributed by atoms with Crippen LogP contribution in [0, 0.1) is 0 Å². The Hall–Kier alpha value is -1.92. The maximum atomic E-state index is 12.7. The third-order valence-corrected chi connectivity index (χ3v) is 5.18. The van der Waals surface area contributed by atoms with E-state index in [0.717, 1.165) is 25.3 Å². The van der Waals surface area contributed by atoms with E-state index in [-0.39, 0.29) is 5.91 Å². The number of benzene rings is 1. The van der Waals surface area contributed by atoms with Crippen molar-refractivity contribution < 1.29 is 4.79 Å². The van der Waals surface area contributed by atoms with Crippen molar-refractivity contribution in [3.05, 3.63) is 41.2 Å². The highest BCUT2D eigenvalue weighted by molar-refractivity contribution is 6.30. The second-order valence-electron chi connectivity index (χ2n) is 6.46. The summed E-state index contributed by atoms with van der Waals surface area (Å²) in [6.07, 6.45) is 5.41. The van der Waals surface area contributed by atoms with Gasteiger partial charge >= 0.3 is 0 Å². The zero-order valence-corrected chi connectivity index (χ0v) is 14.2. The predicted octanol–water partition coefficient (Wildman–Crippen LogP) is 2.23. The van der Waals surface area contributed by atoms with E-state index in [9.17, 15) is 4.79 Å². The van der Waals surface area contributed by atoms with Crippen LogP contribution in [-0.2, 0) is 0 Å². The molecule has 126 valence electrons. The van der Waals surface area contributed by atoms with Gasteiger partial charge in [-0.3, -0.25) is 9.69 Å². The first kappa shape index (κ1) is 15.6. The van der Waals surface area contributed by atoms with Gasteiger partial charge in [0.2, 0.25) is 0 Å². The van der Waals surface area contributed by atoms with E-state index in [1.807, 2.05) is 17.0 Å². The van der Waals surface area contributed by atoms with Gasteiger partial charge in [-0.25, -0.2) is 4.68 Å². The Labute approximate surface area is 146 Å². The highest BCUT2D eigenvalue weighted by Gasteiger charge is 2.32. The minimum atomic E-state index is -0.0274. The number of amides is 1. The predicted molar refractivity (Wildman–Crippen MR) is 91.5 cm³/mol. The smallest absolute Gasteiger partial charge is 0.276 e. The van der Waals surface area contributed by atoms with Crippen molar-refractivity contribution in [1.29, 1.82) is 0 Å². The molecule has 6 nitrogen and oxygen atoms in total. The molecule has 1 amide bonds. The summed E-state index contributed by atoms with van der Waals surface area (Å²) in [5, 5.41) is 8.82. The summed E-state index contributed by atoms with van der Waals surface area (Å²) in [4.78, 5) is 17.2. The Bertz CT molecular complexity index is 729. The van der Waals surface area contributed by atoms with Crippen LogP contribution in [0.3, 0.4) is 0 Å². The zero-order chi connectivity index (χ0) is 16.5. The highest BCUT2D eigenvalue weighted by atomic mass is 35.5. The maximum Gasteiger partial charge on any atom is 0.276 e. The van der Waals surface area contributed by atoms with Crippen molar-refractivity contribution in [3.63, 3.8) is 0 Å². The molecule has 1 unspecified atom stereocenters. The van der Waals surface area contributed by atoms with E-state index < -0.39 is 0 Å². The maximum absolute atomic E-state index is 12.7. The number of piperidine rings is 1. The first-order valence-electron chi connectivity index (χ1n) is 8.42. The monoisotopic (exact) mass is 345 g/mol. The van der Waals surface area contributed by atoms with E-state index in [1.165, 1.54) is 25.8 Å². The van der Waals surface area contributed by atoms with Crippen LogP contribution in [0.2, 0.25) is 5.02 Å². The molecule has 0 spiro atoms. The number of fused-ring (bicyclic) bond motifs is 1. The largest absolute Gasteiger partial charge is 0.334 e. The number of hydrogen-bond donors (Lipinski definition) is 0. The van der Waals surface area contributed by atoms with Gasteiger partial charge in [-0.1, -0.05) is 23.2 Å². The number of piperazine rings is 1. The van der Waals surface area contributed by atoms with Gasteiger partial charge in [-0.15, -0.1) is 5.10 Å². The lowest BCUT2D eigenvalue weighted by molar-refractivity contribution is 0.0368. The molecule has 0 saturated carbocycles. The summed E-state index contributed by atoms with van der Waals surface area (Å²) in [7, 11) is 0. The number of halogens is 1. The van der Waals surface area contributed by atoms with Gasteiger partial charge < -0.3 is 4.90 Å². The molecule has 2 aromatic rings. The Balaban J connectivity index is 1.48. The topological polar surface area (TPSA) is 54.3 Å². The SMILES string of the molecule is O=C(c1cn(-c2ccc(Cl)cc2)nn1)N1CCN2CCCCC2C1. The lowest BCUT2D eigenvalue weighted by Crippen LogP contribution is -2.56. The lowest BCUT2D eigenvalue weighted by Gasteiger charge is -2.43. The number of hydrogen-bond acceptors (Lipinski definition) is 4. The second-order valence-corrected chi connectivity index (χ2v) is 6.90. The van der Waals surface area contributed by atoms with E-state index >= 15 is 0 Å². The fourth-order valence-electron chi connectivity index (χ4n) is 3.58. The number of aromatic nitrogens is 3. The van der Waals surface area contributed by atoms with Crippen molar-refractivity contribution in [2.45, 2.75) is 25.3 Å². The summed E-state index contributed by atoms with van der Waals surface area (Å²) in [6.45, 7) is 3.69. The number of nitrogens with zero attached hydrogens (tertiary/aromatic N) is 5. The van der Waals surface area contributed by atoms with Gasteiger partial charge in [0.1, 0.15) is 0 Å². The normalized spacial score (nSPS) is 21.5. The molecule has 3 heterocycles. The van der Waals surface area contributed by atoms with Gasteiger partial charge in [0.15, 0.2) is 5.69 Å². The van der Waals surface area contributed by atoms with Crippen molar-refractivity contribution in [1.82, 2.24) is 24.8 Å². The van der Waals surface area contributed by atoms with Crippen molar-refractivity contribution >= 4 is 17.5 Å². The van der Waals surface area contributed by atoms with E-state index in [0.29, 0.717) is 16.8 Å². The Kier molecular flexibility index (Phi) is 4.24. The molecule has 4 rings (SSSR count). The van der Waals surface area contributed by atoms with Crippen LogP contribution >= 0.6 is 11.6 Å². The summed E-state index contributed by atoms with van der Waals surface area (Å²) < 4.78 is 1.61. The highest BCUT2D eigenvalue weighted by Crippen LogP contribution is 2.22. The molecular weight excluding hydrogens is 326 g/mol. The molecule has 1 aromatic heterocycles. The van der Waals surface area contributed by atoms with Crippen molar-refractivity contribution in [3.8, 4) is 5.69 Å². The number of rotatable bonds is 2. The zero-order valence-electron chi connectivity index (χ0n) is 13.4. The summed E-state index contributed by atoms with van der Waals surface area (Å²) in [5.41, 5.74) is 1.23. The van der Waals surface area contributed by atoms with E-state index in [4.69, 9.17) is 11.6 Å². The van der Waals surface area contributed by atoms with Crippen LogP contribution in [0.1, 0.15) is 29.8 Å². The average Bonchev–Trinajstić information content (AvgIpc) is 3.11. The second kappa shape index (κ2) is 6.53. The molecule has 1 atom stereocenters. The quantitative estimate of drug-likeness (QED) is 0.837. The molecule has 1 aromatic carbocycles. The van der Waals surface area contributed by atoms with Crippen LogP contribution in [0.25, 0.3) is 5.69 Å². The lowest BCUT2D eigenvalue weighted by atomic mass is 9.99. The first-order chi connectivity index (χ1) is 11.7. The van der Waals surface area contributed by atoms with Crippen LogP contribution in [0.4, 0.5) is 0 Å². The fourth-order valence-corrected chi connectivity index (χ4v) is 3.71. The first-order valence-corrected chi connectivity index (χ1v) is 8.80. The molecule has 2 aliphatic heterocycles. The minimum Gasteiger partial charge on any atom is -0.334 e. The Morgan fingerprint density at radius 1 is 1.12 bits per heavy atom. The standard InChI is InChI=1S/C17H20ClN5O/c18-13-4-6-14(7-5-13)23-12-16(19-20-23)17(24)22-10-9-21-8-2-1-3-15(21)11-22/h4-7,12,15H,1-3,8-11H2. The van der Waals surface area contributed by atoms with Crippen LogP contribution < -0.4 is 0 Å². The molecule has 0 radical (unpaired) electrons. The molecule has 2 fully saturated rings. The average molecular weight is 346 g/mol. The number of carbonyl (C=O) groups is 1. The molecule has 2 saturated heterocycles. The van der Waals surface area contributed by atoms with Gasteiger partial charge in [0.05, 0.1) is 11.9 Å². The van der Waals surface area contributed by atoms with E-state index in [1.54, 1.807) is 23.0 Å². The Morgan fingerprint density at radius 2 is 1.96 bits per heavy atom. The summed E-state index contributed by atoms with van der Waals surface area (Å²) >= 11 is 5.90. The number of carbonyl (C=O) groups excluding carboxylic acids is 1. The summed E-state index contributed by atoms with van der Waals surface area (Å²) in [6, 6.07) is 7.80. The van der Waals surface area contributed by atoms with Crippen molar-refractivity contribution in [2.75, 3.05) is 26.2 Å². The molecule has 2 aliphatic rings. The fraction of sp³-hybridized carbons (Fsp3) is 0.471. The summed E-state index contributed by atoms with van der Waals surface area (Å²) in [5.74, 6) is -0.0274. The van der Waals surface area contributed by atoms with E-state index in [2.05, 4.69) is 15.2 Å².